The van der Waals surface area contributed by atoms with Crippen LogP contribution in [0.25, 0.3) is 0 Å². The summed E-state index contributed by atoms with van der Waals surface area (Å²) in [5, 5.41) is 4.69. The van der Waals surface area contributed by atoms with Crippen molar-refractivity contribution in [3.63, 3.8) is 0 Å². The van der Waals surface area contributed by atoms with Crippen LogP contribution in [0.4, 0.5) is 14.9 Å². The van der Waals surface area contributed by atoms with E-state index in [1.807, 2.05) is 11.8 Å². The number of amides is 4. The van der Waals surface area contributed by atoms with Gasteiger partial charge in [0.2, 0.25) is 5.91 Å². The largest absolute Gasteiger partial charge is 0.495 e. The number of hydrogen-bond acceptors (Lipinski definition) is 5. The minimum Gasteiger partial charge on any atom is -0.495 e. The highest BCUT2D eigenvalue weighted by atomic mass is 35.5. The van der Waals surface area contributed by atoms with Gasteiger partial charge in [0, 0.05) is 43.9 Å². The highest BCUT2D eigenvalue weighted by Crippen LogP contribution is 2.34. The summed E-state index contributed by atoms with van der Waals surface area (Å²) in [7, 11) is 1.43. The predicted molar refractivity (Wildman–Crippen MR) is 106 cm³/mol. The van der Waals surface area contributed by atoms with Crippen molar-refractivity contribution in [2.24, 2.45) is 0 Å². The number of carbonyl (C=O) groups is 3. The Morgan fingerprint density at radius 1 is 1.38 bits per heavy atom. The lowest BCUT2D eigenvalue weighted by Gasteiger charge is -2.41. The first-order valence-corrected chi connectivity index (χ1v) is 9.73. The minimum atomic E-state index is -1.07. The molecule has 0 radical (unpaired) electrons. The zero-order valence-electron chi connectivity index (χ0n) is 16.6. The van der Waals surface area contributed by atoms with Crippen molar-refractivity contribution in [2.75, 3.05) is 31.6 Å². The molecular formula is C19H24ClFN4O4. The van der Waals surface area contributed by atoms with Crippen LogP contribution in [0, 0.1) is 5.82 Å². The maximum Gasteiger partial charge on any atom is 0.322 e. The number of anilines is 1. The molecule has 0 aromatic heterocycles. The number of benzene rings is 1. The first kappa shape index (κ1) is 21.2. The molecule has 10 heteroatoms. The first-order valence-electron chi connectivity index (χ1n) is 9.35. The number of ether oxygens (including phenoxy) is 1. The Kier molecular flexibility index (Phi) is 5.88. The molecule has 2 aliphatic rings. The molecule has 2 N–H and O–H groups in total. The molecule has 0 bridgehead atoms. The molecule has 0 unspecified atom stereocenters. The van der Waals surface area contributed by atoms with Crippen LogP contribution in [0.5, 0.6) is 5.75 Å². The van der Waals surface area contributed by atoms with E-state index in [1.165, 1.54) is 13.2 Å². The van der Waals surface area contributed by atoms with Gasteiger partial charge in [-0.25, -0.2) is 9.18 Å². The highest BCUT2D eigenvalue weighted by molar-refractivity contribution is 6.32. The van der Waals surface area contributed by atoms with E-state index in [4.69, 9.17) is 16.3 Å². The molecule has 2 saturated heterocycles. The molecule has 29 heavy (non-hydrogen) atoms. The van der Waals surface area contributed by atoms with Crippen molar-refractivity contribution in [1.82, 2.24) is 15.5 Å². The third-order valence-corrected chi connectivity index (χ3v) is 5.83. The number of carbonyl (C=O) groups excluding carboxylic acids is 3. The van der Waals surface area contributed by atoms with E-state index in [-0.39, 0.29) is 35.6 Å². The van der Waals surface area contributed by atoms with Crippen LogP contribution < -0.4 is 20.3 Å². The van der Waals surface area contributed by atoms with E-state index < -0.39 is 23.3 Å². The molecule has 2 fully saturated rings. The lowest BCUT2D eigenvalue weighted by molar-refractivity contribution is -0.132. The lowest BCUT2D eigenvalue weighted by Crippen LogP contribution is -2.54. The lowest BCUT2D eigenvalue weighted by atomic mass is 9.95. The molecule has 158 valence electrons. The number of hydrogen-bond donors (Lipinski definition) is 2. The van der Waals surface area contributed by atoms with E-state index in [2.05, 4.69) is 10.6 Å². The minimum absolute atomic E-state index is 0.0527. The van der Waals surface area contributed by atoms with E-state index in [0.717, 1.165) is 0 Å². The molecule has 3 rings (SSSR count). The predicted octanol–water partition coefficient (Wildman–Crippen LogP) is 1.90. The van der Waals surface area contributed by atoms with Gasteiger partial charge in [0.05, 0.1) is 7.11 Å². The third kappa shape index (κ3) is 4.24. The van der Waals surface area contributed by atoms with E-state index in [9.17, 15) is 18.8 Å². The van der Waals surface area contributed by atoms with Gasteiger partial charge >= 0.3 is 6.03 Å². The Hall–Kier alpha value is -2.55. The van der Waals surface area contributed by atoms with Gasteiger partial charge in [0.25, 0.3) is 5.91 Å². The summed E-state index contributed by atoms with van der Waals surface area (Å²) in [6.07, 6.45) is 0.359. The molecule has 2 atom stereocenters. The van der Waals surface area contributed by atoms with Crippen LogP contribution in [-0.2, 0) is 9.59 Å². The van der Waals surface area contributed by atoms with Crippen molar-refractivity contribution in [3.05, 3.63) is 23.0 Å². The first-order chi connectivity index (χ1) is 13.6. The van der Waals surface area contributed by atoms with Crippen molar-refractivity contribution < 1.29 is 23.5 Å². The van der Waals surface area contributed by atoms with E-state index >= 15 is 0 Å². The van der Waals surface area contributed by atoms with Crippen molar-refractivity contribution in [1.29, 1.82) is 0 Å². The normalized spacial score (nSPS) is 24.4. The second kappa shape index (κ2) is 8.06. The van der Waals surface area contributed by atoms with Crippen LogP contribution >= 0.6 is 11.6 Å². The number of piperazine rings is 1. The fourth-order valence-corrected chi connectivity index (χ4v) is 3.89. The molecule has 2 aliphatic heterocycles. The van der Waals surface area contributed by atoms with Gasteiger partial charge in [-0.2, -0.15) is 0 Å². The van der Waals surface area contributed by atoms with Crippen LogP contribution in [0.2, 0.25) is 5.02 Å². The molecule has 8 nitrogen and oxygen atoms in total. The number of nitrogens with one attached hydrogen (secondary N) is 2. The number of imide groups is 1. The van der Waals surface area contributed by atoms with E-state index in [1.54, 1.807) is 17.9 Å². The van der Waals surface area contributed by atoms with E-state index in [0.29, 0.717) is 25.3 Å². The van der Waals surface area contributed by atoms with Gasteiger partial charge in [-0.1, -0.05) is 11.6 Å². The van der Waals surface area contributed by atoms with Crippen molar-refractivity contribution in [3.8, 4) is 5.75 Å². The zero-order chi connectivity index (χ0) is 21.3. The van der Waals surface area contributed by atoms with Crippen LogP contribution in [0.1, 0.15) is 26.7 Å². The summed E-state index contributed by atoms with van der Waals surface area (Å²) in [6, 6.07) is 2.45. The molecule has 0 saturated carbocycles. The molecule has 0 spiro atoms. The van der Waals surface area contributed by atoms with Crippen molar-refractivity contribution >= 4 is 35.1 Å². The maximum atomic E-state index is 14.1. The van der Waals surface area contributed by atoms with Gasteiger partial charge in [0.15, 0.2) is 0 Å². The standard InChI is InChI=1S/C19H24ClFN4O4/c1-11-10-24(15(26)4-5-19(2)17(27)22-18(28)23-19)6-7-25(11)12-8-13(21)16(20)14(9-12)29-3/h8-9,11H,4-7,10H2,1-3H3,(H2,22,23,27,28)/t11-,19+/m0/s1. The Bertz CT molecular complexity index is 852. The van der Waals surface area contributed by atoms with Gasteiger partial charge in [0.1, 0.15) is 22.1 Å². The smallest absolute Gasteiger partial charge is 0.322 e. The number of urea groups is 1. The Balaban J connectivity index is 1.61. The number of methoxy groups -OCH3 is 1. The summed E-state index contributed by atoms with van der Waals surface area (Å²) < 4.78 is 19.2. The average Bonchev–Trinajstić information content (AvgIpc) is 2.93. The van der Waals surface area contributed by atoms with Gasteiger partial charge < -0.3 is 19.9 Å². The second-order valence-electron chi connectivity index (χ2n) is 7.57. The molecule has 1 aromatic carbocycles. The summed E-state index contributed by atoms with van der Waals surface area (Å²) in [5.41, 5.74) is -0.432. The molecule has 1 aromatic rings. The monoisotopic (exact) mass is 426 g/mol. The fraction of sp³-hybridized carbons (Fsp3) is 0.526. The number of rotatable bonds is 5. The molecule has 0 aliphatic carbocycles. The Labute approximate surface area is 173 Å². The zero-order valence-corrected chi connectivity index (χ0v) is 17.3. The average molecular weight is 427 g/mol. The summed E-state index contributed by atoms with van der Waals surface area (Å²) >= 11 is 5.90. The van der Waals surface area contributed by atoms with Crippen LogP contribution in [0.15, 0.2) is 12.1 Å². The second-order valence-corrected chi connectivity index (χ2v) is 7.94. The van der Waals surface area contributed by atoms with Crippen molar-refractivity contribution in [2.45, 2.75) is 38.3 Å². The van der Waals surface area contributed by atoms with Gasteiger partial charge in [-0.15, -0.1) is 0 Å². The highest BCUT2D eigenvalue weighted by Gasteiger charge is 2.42. The van der Waals surface area contributed by atoms with Crippen LogP contribution in [-0.4, -0.2) is 61.1 Å². The number of halogens is 2. The molecule has 4 amide bonds. The third-order valence-electron chi connectivity index (χ3n) is 5.47. The quantitative estimate of drug-likeness (QED) is 0.702. The van der Waals surface area contributed by atoms with Gasteiger partial charge in [-0.05, 0) is 26.3 Å². The summed E-state index contributed by atoms with van der Waals surface area (Å²) in [4.78, 5) is 39.6. The Morgan fingerprint density at radius 3 is 2.69 bits per heavy atom. The maximum absolute atomic E-state index is 14.1. The summed E-state index contributed by atoms with van der Waals surface area (Å²) in [6.45, 7) is 4.99. The number of nitrogens with zero attached hydrogens (tertiary/aromatic N) is 2. The molecular weight excluding hydrogens is 403 g/mol. The molecule has 2 heterocycles. The van der Waals surface area contributed by atoms with Crippen LogP contribution in [0.3, 0.4) is 0 Å². The summed E-state index contributed by atoms with van der Waals surface area (Å²) in [5.74, 6) is -0.812. The Morgan fingerprint density at radius 2 is 2.10 bits per heavy atom. The topological polar surface area (TPSA) is 91.0 Å². The fourth-order valence-electron chi connectivity index (χ4n) is 3.70. The SMILES string of the molecule is COc1cc(N2CCN(C(=O)CC[C@@]3(C)NC(=O)NC3=O)C[C@@H]2C)cc(F)c1Cl. The van der Waals surface area contributed by atoms with Gasteiger partial charge in [-0.3, -0.25) is 14.9 Å².